The summed E-state index contributed by atoms with van der Waals surface area (Å²) in [6, 6.07) is 22.2. The molecule has 0 saturated carbocycles. The molecule has 0 bridgehead atoms. The molecule has 4 nitrogen and oxygen atoms in total. The smallest absolute Gasteiger partial charge is 0.269 e. The number of carbonyl (C=O) groups is 2. The second kappa shape index (κ2) is 7.59. The second-order valence-corrected chi connectivity index (χ2v) is 10.00. The number of hydrogen-bond acceptors (Lipinski definition) is 3. The molecule has 0 aliphatic carbocycles. The van der Waals surface area contributed by atoms with Crippen LogP contribution in [0, 0.1) is 0 Å². The minimum absolute atomic E-state index is 0.108. The summed E-state index contributed by atoms with van der Waals surface area (Å²) < 4.78 is 0. The summed E-state index contributed by atoms with van der Waals surface area (Å²) in [5.41, 5.74) is 3.20. The van der Waals surface area contributed by atoms with Crippen molar-refractivity contribution in [3.63, 3.8) is 0 Å². The minimum Gasteiger partial charge on any atom is -0.304 e. The Hall–Kier alpha value is -2.47. The van der Waals surface area contributed by atoms with Crippen molar-refractivity contribution in [2.75, 3.05) is 9.80 Å². The van der Waals surface area contributed by atoms with Crippen LogP contribution in [0.1, 0.15) is 18.1 Å². The van der Waals surface area contributed by atoms with Crippen molar-refractivity contribution in [2.24, 2.45) is 0 Å². The normalized spacial score (nSPS) is 22.5. The summed E-state index contributed by atoms with van der Waals surface area (Å²) in [4.78, 5) is 29.6. The Balaban J connectivity index is 1.66. The van der Waals surface area contributed by atoms with Crippen molar-refractivity contribution in [2.45, 2.75) is 23.6 Å². The van der Waals surface area contributed by atoms with E-state index in [-0.39, 0.29) is 17.1 Å². The molecule has 3 aromatic carbocycles. The third kappa shape index (κ3) is 3.15. The van der Waals surface area contributed by atoms with Gasteiger partial charge in [-0.1, -0.05) is 59.6 Å². The van der Waals surface area contributed by atoms with Gasteiger partial charge in [-0.3, -0.25) is 14.5 Å². The van der Waals surface area contributed by atoms with Crippen LogP contribution in [0.5, 0.6) is 0 Å². The average Bonchev–Trinajstić information content (AvgIpc) is 3.16. The molecule has 156 valence electrons. The van der Waals surface area contributed by atoms with Crippen molar-refractivity contribution in [3.05, 3.63) is 94.0 Å². The first-order valence-electron chi connectivity index (χ1n) is 9.85. The lowest BCUT2D eigenvalue weighted by atomic mass is 10.0. The minimum atomic E-state index is -1.16. The number of hydrogen-bond donors (Lipinski definition) is 0. The average molecular weight is 469 g/mol. The number of para-hydroxylation sites is 1. The molecule has 2 aliphatic heterocycles. The number of anilines is 2. The van der Waals surface area contributed by atoms with Gasteiger partial charge in [-0.25, -0.2) is 0 Å². The Bertz CT molecular complexity index is 1200. The molecule has 2 atom stereocenters. The first-order chi connectivity index (χ1) is 14.9. The highest BCUT2D eigenvalue weighted by molar-refractivity contribution is 8.03. The standard InChI is InChI=1S/C24H18Cl2N2O2S/c1-15-22(29)28(19-6-4-5-18(26)13-19)24(31-15)20-7-2-3-8-21(20)27(23(24)30)14-16-9-11-17(25)12-10-16/h2-13,15H,14H2,1H3/t15-,24-/m1/s1. The van der Waals surface area contributed by atoms with E-state index in [0.29, 0.717) is 22.3 Å². The number of fused-ring (bicyclic) bond motifs is 2. The Morgan fingerprint density at radius 2 is 1.68 bits per heavy atom. The molecule has 1 fully saturated rings. The molecule has 5 rings (SSSR count). The van der Waals surface area contributed by atoms with Gasteiger partial charge in [0.25, 0.3) is 5.91 Å². The predicted molar refractivity (Wildman–Crippen MR) is 127 cm³/mol. The second-order valence-electron chi connectivity index (χ2n) is 7.59. The van der Waals surface area contributed by atoms with Gasteiger partial charge in [0, 0.05) is 21.3 Å². The molecule has 0 unspecified atom stereocenters. The lowest BCUT2D eigenvalue weighted by molar-refractivity contribution is -0.124. The van der Waals surface area contributed by atoms with Gasteiger partial charge in [0.15, 0.2) is 0 Å². The van der Waals surface area contributed by atoms with Crippen LogP contribution in [0.4, 0.5) is 11.4 Å². The van der Waals surface area contributed by atoms with Crippen LogP contribution in [0.2, 0.25) is 10.0 Å². The molecular formula is C24H18Cl2N2O2S. The van der Waals surface area contributed by atoms with Crippen LogP contribution in [-0.2, 0) is 21.0 Å². The SMILES string of the molecule is C[C@H]1S[C@]2(C(=O)N(Cc3ccc(Cl)cc3)c3ccccc32)N(c2cccc(Cl)c2)C1=O. The maximum absolute atomic E-state index is 14.1. The maximum Gasteiger partial charge on any atom is 0.269 e. The lowest BCUT2D eigenvalue weighted by Gasteiger charge is -2.33. The largest absolute Gasteiger partial charge is 0.304 e. The topological polar surface area (TPSA) is 40.6 Å². The monoisotopic (exact) mass is 468 g/mol. The predicted octanol–water partition coefficient (Wildman–Crippen LogP) is 5.86. The summed E-state index contributed by atoms with van der Waals surface area (Å²) in [6.07, 6.45) is 0. The van der Waals surface area contributed by atoms with Crippen LogP contribution in [-0.4, -0.2) is 17.1 Å². The zero-order chi connectivity index (χ0) is 21.8. The zero-order valence-corrected chi connectivity index (χ0v) is 18.9. The highest BCUT2D eigenvalue weighted by Crippen LogP contribution is 2.58. The van der Waals surface area contributed by atoms with Gasteiger partial charge in [0.05, 0.1) is 17.5 Å². The quantitative estimate of drug-likeness (QED) is 0.483. The number of rotatable bonds is 3. The van der Waals surface area contributed by atoms with Crippen molar-refractivity contribution in [1.29, 1.82) is 0 Å². The van der Waals surface area contributed by atoms with E-state index in [0.717, 1.165) is 16.8 Å². The van der Waals surface area contributed by atoms with E-state index in [4.69, 9.17) is 23.2 Å². The maximum atomic E-state index is 14.1. The van der Waals surface area contributed by atoms with E-state index >= 15 is 0 Å². The van der Waals surface area contributed by atoms with Crippen molar-refractivity contribution >= 4 is 58.2 Å². The lowest BCUT2D eigenvalue weighted by Crippen LogP contribution is -2.49. The summed E-state index contributed by atoms with van der Waals surface area (Å²) in [7, 11) is 0. The number of nitrogens with zero attached hydrogens (tertiary/aromatic N) is 2. The van der Waals surface area contributed by atoms with Crippen molar-refractivity contribution in [3.8, 4) is 0 Å². The van der Waals surface area contributed by atoms with E-state index in [1.54, 1.807) is 28.0 Å². The third-order valence-corrected chi connectivity index (χ3v) is 7.61. The fourth-order valence-electron chi connectivity index (χ4n) is 4.28. The molecule has 2 amide bonds. The van der Waals surface area contributed by atoms with Crippen LogP contribution in [0.3, 0.4) is 0 Å². The number of amides is 2. The fraction of sp³-hybridized carbons (Fsp3) is 0.167. The van der Waals surface area contributed by atoms with E-state index in [1.807, 2.05) is 61.5 Å². The van der Waals surface area contributed by atoms with Crippen LogP contribution in [0.25, 0.3) is 0 Å². The Morgan fingerprint density at radius 1 is 0.935 bits per heavy atom. The van der Waals surface area contributed by atoms with Gasteiger partial charge in [-0.05, 0) is 48.9 Å². The number of carbonyl (C=O) groups excluding carboxylic acids is 2. The first-order valence-corrected chi connectivity index (χ1v) is 11.5. The van der Waals surface area contributed by atoms with E-state index < -0.39 is 4.87 Å². The van der Waals surface area contributed by atoms with Crippen LogP contribution >= 0.6 is 35.0 Å². The highest BCUT2D eigenvalue weighted by Gasteiger charge is 2.63. The van der Waals surface area contributed by atoms with Gasteiger partial charge >= 0.3 is 0 Å². The van der Waals surface area contributed by atoms with Crippen molar-refractivity contribution in [1.82, 2.24) is 0 Å². The molecule has 0 N–H and O–H groups in total. The van der Waals surface area contributed by atoms with Crippen LogP contribution in [0.15, 0.2) is 72.8 Å². The van der Waals surface area contributed by atoms with E-state index in [1.165, 1.54) is 11.8 Å². The Morgan fingerprint density at radius 3 is 2.42 bits per heavy atom. The summed E-state index contributed by atoms with van der Waals surface area (Å²) in [5, 5.41) is 0.791. The number of thioether (sulfide) groups is 1. The number of benzene rings is 3. The van der Waals surface area contributed by atoms with Crippen LogP contribution < -0.4 is 9.80 Å². The molecule has 7 heteroatoms. The summed E-state index contributed by atoms with van der Waals surface area (Å²) in [5.74, 6) is -0.241. The molecule has 3 aromatic rings. The molecular weight excluding hydrogens is 451 g/mol. The Kier molecular flexibility index (Phi) is 5.00. The van der Waals surface area contributed by atoms with Gasteiger partial charge in [0.2, 0.25) is 10.8 Å². The van der Waals surface area contributed by atoms with E-state index in [2.05, 4.69) is 0 Å². The van der Waals surface area contributed by atoms with Gasteiger partial charge in [-0.2, -0.15) is 0 Å². The van der Waals surface area contributed by atoms with E-state index in [9.17, 15) is 9.59 Å². The fourth-order valence-corrected chi connectivity index (χ4v) is 6.12. The highest BCUT2D eigenvalue weighted by atomic mass is 35.5. The molecule has 1 spiro atoms. The number of halogens is 2. The summed E-state index contributed by atoms with van der Waals surface area (Å²) >= 11 is 13.6. The molecule has 1 saturated heterocycles. The van der Waals surface area contributed by atoms with Gasteiger partial charge in [-0.15, -0.1) is 11.8 Å². The summed E-state index contributed by atoms with van der Waals surface area (Å²) in [6.45, 7) is 2.23. The van der Waals surface area contributed by atoms with Crippen molar-refractivity contribution < 1.29 is 9.59 Å². The van der Waals surface area contributed by atoms with Gasteiger partial charge in [0.1, 0.15) is 0 Å². The zero-order valence-electron chi connectivity index (χ0n) is 16.6. The molecule has 0 radical (unpaired) electrons. The molecule has 2 aliphatic rings. The Labute approximate surface area is 194 Å². The third-order valence-electron chi connectivity index (χ3n) is 5.65. The first kappa shape index (κ1) is 20.4. The molecule has 2 heterocycles. The molecule has 0 aromatic heterocycles. The van der Waals surface area contributed by atoms with Gasteiger partial charge < -0.3 is 4.90 Å². The molecule has 31 heavy (non-hydrogen) atoms.